The molecular formula is C25H23F6N3O. The number of alkyl halides is 3. The predicted octanol–water partition coefficient (Wildman–Crippen LogP) is 5.58. The van der Waals surface area contributed by atoms with Crippen molar-refractivity contribution in [2.75, 3.05) is 7.05 Å². The molecule has 3 aromatic rings. The maximum atomic E-state index is 13.9. The summed E-state index contributed by atoms with van der Waals surface area (Å²) in [6.07, 6.45) is -2.87. The van der Waals surface area contributed by atoms with Gasteiger partial charge >= 0.3 is 6.18 Å². The number of likely N-dealkylation sites (N-methyl/N-ethyl adjacent to an activating group) is 1. The van der Waals surface area contributed by atoms with E-state index in [9.17, 15) is 31.1 Å². The highest BCUT2D eigenvalue weighted by atomic mass is 19.4. The summed E-state index contributed by atoms with van der Waals surface area (Å²) in [5.41, 5.74) is 0.648. The Morgan fingerprint density at radius 2 is 1.63 bits per heavy atom. The third-order valence-corrected chi connectivity index (χ3v) is 5.57. The third kappa shape index (κ3) is 6.60. The van der Waals surface area contributed by atoms with Crippen LogP contribution in [0.2, 0.25) is 0 Å². The fourth-order valence-corrected chi connectivity index (χ4v) is 3.64. The zero-order valence-corrected chi connectivity index (χ0v) is 18.9. The summed E-state index contributed by atoms with van der Waals surface area (Å²) in [6, 6.07) is 8.00. The number of carbonyl (C=O) groups is 1. The van der Waals surface area contributed by atoms with Crippen molar-refractivity contribution in [3.05, 3.63) is 100 Å². The Hall–Kier alpha value is -3.40. The van der Waals surface area contributed by atoms with Crippen molar-refractivity contribution in [1.29, 1.82) is 0 Å². The van der Waals surface area contributed by atoms with Crippen LogP contribution in [0.1, 0.15) is 46.5 Å². The number of rotatable bonds is 8. The normalized spacial score (nSPS) is 13.4. The lowest BCUT2D eigenvalue weighted by Crippen LogP contribution is -2.38. The molecule has 1 aromatic heterocycles. The topological polar surface area (TPSA) is 54.0 Å². The molecule has 0 spiro atoms. The molecule has 0 unspecified atom stereocenters. The van der Waals surface area contributed by atoms with E-state index < -0.39 is 47.3 Å². The molecule has 0 aliphatic heterocycles. The number of aryl methyl sites for hydroxylation is 2. The van der Waals surface area contributed by atoms with Crippen molar-refractivity contribution in [2.45, 2.75) is 38.0 Å². The molecule has 0 radical (unpaired) electrons. The summed E-state index contributed by atoms with van der Waals surface area (Å²) in [7, 11) is 1.39. The fourth-order valence-electron chi connectivity index (χ4n) is 3.64. The van der Waals surface area contributed by atoms with E-state index >= 15 is 0 Å². The molecule has 0 fully saturated rings. The van der Waals surface area contributed by atoms with E-state index in [0.717, 1.165) is 24.4 Å². The van der Waals surface area contributed by atoms with Gasteiger partial charge in [-0.25, -0.2) is 13.2 Å². The zero-order valence-electron chi connectivity index (χ0n) is 18.9. The van der Waals surface area contributed by atoms with Gasteiger partial charge in [0.15, 0.2) is 11.6 Å². The zero-order chi connectivity index (χ0) is 25.8. The first kappa shape index (κ1) is 26.2. The number of aromatic nitrogens is 1. The molecule has 2 atom stereocenters. The van der Waals surface area contributed by atoms with Crippen molar-refractivity contribution in [3.63, 3.8) is 0 Å². The summed E-state index contributed by atoms with van der Waals surface area (Å²) in [6.45, 7) is 1.57. The maximum absolute atomic E-state index is 13.9. The van der Waals surface area contributed by atoms with E-state index in [1.807, 2.05) is 0 Å². The quantitative estimate of drug-likeness (QED) is 0.402. The van der Waals surface area contributed by atoms with E-state index in [0.29, 0.717) is 16.7 Å². The summed E-state index contributed by atoms with van der Waals surface area (Å²) >= 11 is 0. The number of hydrogen-bond donors (Lipinski definition) is 2. The number of amides is 1. The van der Waals surface area contributed by atoms with Gasteiger partial charge in [-0.2, -0.15) is 13.2 Å². The Labute approximate surface area is 198 Å². The smallest absolute Gasteiger partial charge is 0.358 e. The van der Waals surface area contributed by atoms with Crippen molar-refractivity contribution >= 4 is 5.91 Å². The van der Waals surface area contributed by atoms with E-state index in [1.165, 1.54) is 31.3 Å². The Bertz CT molecular complexity index is 1180. The highest BCUT2D eigenvalue weighted by molar-refractivity contribution is 5.83. The standard InChI is InChI=1S/C25H23F6N3O/c1-14-11-16(5-7-18(14)26)21(9-3-15-4-10-22(33-13-15)25(29,30)31)34-23(24(35)32-2)17-6-8-19(27)20(28)12-17/h4-8,10-13,21,23,34H,3,9H2,1-2H3,(H,32,35)/t21-,23-/m1/s1. The second-order valence-electron chi connectivity index (χ2n) is 8.04. The minimum Gasteiger partial charge on any atom is -0.358 e. The van der Waals surface area contributed by atoms with Gasteiger partial charge in [0, 0.05) is 19.3 Å². The second-order valence-corrected chi connectivity index (χ2v) is 8.04. The number of halogens is 6. The lowest BCUT2D eigenvalue weighted by atomic mass is 9.95. The van der Waals surface area contributed by atoms with Crippen LogP contribution in [-0.4, -0.2) is 17.9 Å². The Balaban J connectivity index is 1.91. The molecule has 186 valence electrons. The van der Waals surface area contributed by atoms with Gasteiger partial charge in [0.2, 0.25) is 5.91 Å². The average Bonchev–Trinajstić information content (AvgIpc) is 2.82. The van der Waals surface area contributed by atoms with E-state index in [1.54, 1.807) is 13.0 Å². The first-order chi connectivity index (χ1) is 16.5. The molecule has 3 rings (SSSR count). The number of benzene rings is 2. The molecule has 1 heterocycles. The van der Waals surface area contributed by atoms with Crippen LogP contribution in [0.3, 0.4) is 0 Å². The third-order valence-electron chi connectivity index (χ3n) is 5.57. The molecule has 4 nitrogen and oxygen atoms in total. The van der Waals surface area contributed by atoms with Gasteiger partial charge in [0.25, 0.3) is 0 Å². The first-order valence-electron chi connectivity index (χ1n) is 10.7. The minimum absolute atomic E-state index is 0.170. The van der Waals surface area contributed by atoms with Crippen molar-refractivity contribution in [3.8, 4) is 0 Å². The number of nitrogens with zero attached hydrogens (tertiary/aromatic N) is 1. The first-order valence-corrected chi connectivity index (χ1v) is 10.7. The van der Waals surface area contributed by atoms with Crippen LogP contribution >= 0.6 is 0 Å². The van der Waals surface area contributed by atoms with Crippen LogP contribution in [0.25, 0.3) is 0 Å². The SMILES string of the molecule is CNC(=O)[C@H](N[C@H](CCc1ccc(C(F)(F)F)nc1)c1ccc(F)c(C)c1)c1ccc(F)c(F)c1. The van der Waals surface area contributed by atoms with Gasteiger partial charge in [0.1, 0.15) is 17.6 Å². The van der Waals surface area contributed by atoms with Gasteiger partial charge in [-0.05, 0) is 66.3 Å². The Morgan fingerprint density at radius 1 is 0.943 bits per heavy atom. The van der Waals surface area contributed by atoms with Crippen molar-refractivity contribution in [1.82, 2.24) is 15.6 Å². The van der Waals surface area contributed by atoms with Crippen LogP contribution in [0, 0.1) is 24.4 Å². The Morgan fingerprint density at radius 3 is 2.20 bits per heavy atom. The number of pyridine rings is 1. The van der Waals surface area contributed by atoms with Gasteiger partial charge in [0.05, 0.1) is 0 Å². The van der Waals surface area contributed by atoms with Gasteiger partial charge < -0.3 is 5.32 Å². The molecule has 0 bridgehead atoms. The molecule has 0 saturated heterocycles. The summed E-state index contributed by atoms with van der Waals surface area (Å²) in [5.74, 6) is -3.13. The predicted molar refractivity (Wildman–Crippen MR) is 118 cm³/mol. The van der Waals surface area contributed by atoms with E-state index in [2.05, 4.69) is 15.6 Å². The summed E-state index contributed by atoms with van der Waals surface area (Å²) in [5, 5.41) is 5.59. The van der Waals surface area contributed by atoms with Crippen molar-refractivity contribution < 1.29 is 31.1 Å². The summed E-state index contributed by atoms with van der Waals surface area (Å²) in [4.78, 5) is 16.1. The average molecular weight is 495 g/mol. The lowest BCUT2D eigenvalue weighted by Gasteiger charge is -2.26. The van der Waals surface area contributed by atoms with Crippen molar-refractivity contribution in [2.24, 2.45) is 0 Å². The van der Waals surface area contributed by atoms with Crippen LogP contribution in [0.4, 0.5) is 26.3 Å². The van der Waals surface area contributed by atoms with Gasteiger partial charge in [-0.1, -0.05) is 24.3 Å². The monoisotopic (exact) mass is 495 g/mol. The van der Waals surface area contributed by atoms with Gasteiger partial charge in [-0.15, -0.1) is 0 Å². The van der Waals surface area contributed by atoms with Crippen LogP contribution in [0.5, 0.6) is 0 Å². The van der Waals surface area contributed by atoms with Crippen LogP contribution < -0.4 is 10.6 Å². The molecular weight excluding hydrogens is 472 g/mol. The van der Waals surface area contributed by atoms with Crippen LogP contribution in [0.15, 0.2) is 54.7 Å². The second kappa shape index (κ2) is 10.9. The molecule has 1 amide bonds. The highest BCUT2D eigenvalue weighted by Gasteiger charge is 2.32. The highest BCUT2D eigenvalue weighted by Crippen LogP contribution is 2.29. The molecule has 0 aliphatic rings. The molecule has 0 aliphatic carbocycles. The molecule has 10 heteroatoms. The van der Waals surface area contributed by atoms with E-state index in [-0.39, 0.29) is 18.4 Å². The maximum Gasteiger partial charge on any atom is 0.433 e. The van der Waals surface area contributed by atoms with Crippen LogP contribution in [-0.2, 0) is 17.4 Å². The van der Waals surface area contributed by atoms with E-state index in [4.69, 9.17) is 0 Å². The molecule has 0 saturated carbocycles. The fraction of sp³-hybridized carbons (Fsp3) is 0.280. The molecule has 2 N–H and O–H groups in total. The number of hydrogen-bond acceptors (Lipinski definition) is 3. The molecule has 2 aromatic carbocycles. The van der Waals surface area contributed by atoms with Gasteiger partial charge in [-0.3, -0.25) is 15.1 Å². The summed E-state index contributed by atoms with van der Waals surface area (Å²) < 4.78 is 79.6. The Kier molecular flexibility index (Phi) is 8.16. The lowest BCUT2D eigenvalue weighted by molar-refractivity contribution is -0.141. The largest absolute Gasteiger partial charge is 0.433 e. The minimum atomic E-state index is -4.56. The number of nitrogens with one attached hydrogen (secondary N) is 2. The number of carbonyl (C=O) groups excluding carboxylic acids is 1. The molecule has 35 heavy (non-hydrogen) atoms.